The van der Waals surface area contributed by atoms with Crippen LogP contribution in [0.15, 0.2) is 29.7 Å². The lowest BCUT2D eigenvalue weighted by atomic mass is 10.2. The standard InChI is InChI=1S/C11H13NO/c1-4-6-9-7-8-12(3)11(13)10(9)5-2/h4-8H,1H2,2-3H3/b9-6-,10-5+. The first-order valence-electron chi connectivity index (χ1n) is 4.15. The lowest BCUT2D eigenvalue weighted by Gasteiger charge is -1.95. The van der Waals surface area contributed by atoms with E-state index in [2.05, 4.69) is 6.58 Å². The van der Waals surface area contributed by atoms with Crippen molar-refractivity contribution in [2.24, 2.45) is 7.05 Å². The van der Waals surface area contributed by atoms with Gasteiger partial charge in [-0.3, -0.25) is 4.79 Å². The molecule has 13 heavy (non-hydrogen) atoms. The van der Waals surface area contributed by atoms with E-state index in [1.807, 2.05) is 25.1 Å². The van der Waals surface area contributed by atoms with E-state index in [1.165, 1.54) is 0 Å². The molecule has 0 aliphatic rings. The second-order valence-electron chi connectivity index (χ2n) is 2.79. The maximum atomic E-state index is 11.6. The normalized spacial score (nSPS) is 13.4. The first-order valence-corrected chi connectivity index (χ1v) is 4.15. The molecule has 2 heteroatoms. The molecule has 1 aromatic rings. The van der Waals surface area contributed by atoms with Gasteiger partial charge in [0.25, 0.3) is 5.56 Å². The quantitative estimate of drug-likeness (QED) is 0.595. The van der Waals surface area contributed by atoms with Crippen LogP contribution in [0.4, 0.5) is 0 Å². The number of rotatable bonds is 1. The number of nitrogens with zero attached hydrogens (tertiary/aromatic N) is 1. The minimum Gasteiger partial charge on any atom is -0.318 e. The summed E-state index contributed by atoms with van der Waals surface area (Å²) in [4.78, 5) is 11.6. The van der Waals surface area contributed by atoms with Crippen molar-refractivity contribution in [2.75, 3.05) is 0 Å². The Labute approximate surface area is 77.1 Å². The zero-order chi connectivity index (χ0) is 9.84. The van der Waals surface area contributed by atoms with E-state index >= 15 is 0 Å². The highest BCUT2D eigenvalue weighted by atomic mass is 16.1. The number of pyridine rings is 1. The lowest BCUT2D eigenvalue weighted by Crippen LogP contribution is -2.43. The summed E-state index contributed by atoms with van der Waals surface area (Å²) in [7, 11) is 1.74. The zero-order valence-electron chi connectivity index (χ0n) is 7.95. The topological polar surface area (TPSA) is 22.0 Å². The molecule has 0 N–H and O–H groups in total. The average molecular weight is 175 g/mol. The molecule has 0 amide bonds. The molecule has 0 spiro atoms. The van der Waals surface area contributed by atoms with Gasteiger partial charge in [-0.25, -0.2) is 0 Å². The van der Waals surface area contributed by atoms with E-state index in [0.29, 0.717) is 0 Å². The van der Waals surface area contributed by atoms with Crippen LogP contribution >= 0.6 is 0 Å². The van der Waals surface area contributed by atoms with Crippen molar-refractivity contribution in [1.29, 1.82) is 0 Å². The van der Waals surface area contributed by atoms with Gasteiger partial charge in [-0.1, -0.05) is 24.8 Å². The summed E-state index contributed by atoms with van der Waals surface area (Å²) in [5.74, 6) is 0. The summed E-state index contributed by atoms with van der Waals surface area (Å²) >= 11 is 0. The number of allylic oxidation sites excluding steroid dienone is 1. The Morgan fingerprint density at radius 2 is 2.23 bits per heavy atom. The summed E-state index contributed by atoms with van der Waals surface area (Å²) in [5.41, 5.74) is 0.0260. The van der Waals surface area contributed by atoms with E-state index in [1.54, 1.807) is 23.9 Å². The number of aromatic nitrogens is 1. The van der Waals surface area contributed by atoms with Crippen LogP contribution in [0.5, 0.6) is 0 Å². The Hall–Kier alpha value is -1.57. The van der Waals surface area contributed by atoms with Crippen molar-refractivity contribution in [1.82, 2.24) is 4.57 Å². The van der Waals surface area contributed by atoms with Crippen LogP contribution in [0.2, 0.25) is 0 Å². The van der Waals surface area contributed by atoms with Gasteiger partial charge in [0.15, 0.2) is 0 Å². The Kier molecular flexibility index (Phi) is 2.85. The van der Waals surface area contributed by atoms with Crippen molar-refractivity contribution in [3.63, 3.8) is 0 Å². The van der Waals surface area contributed by atoms with Gasteiger partial charge >= 0.3 is 0 Å². The van der Waals surface area contributed by atoms with Crippen LogP contribution in [0, 0.1) is 0 Å². The van der Waals surface area contributed by atoms with Gasteiger partial charge in [-0.05, 0) is 18.2 Å². The lowest BCUT2D eigenvalue weighted by molar-refractivity contribution is 0.846. The van der Waals surface area contributed by atoms with Crippen molar-refractivity contribution >= 4 is 12.2 Å². The molecule has 0 atom stereocenters. The zero-order valence-corrected chi connectivity index (χ0v) is 7.95. The first-order chi connectivity index (χ1) is 6.20. The van der Waals surface area contributed by atoms with Gasteiger partial charge in [-0.2, -0.15) is 0 Å². The van der Waals surface area contributed by atoms with Gasteiger partial charge in [0.1, 0.15) is 0 Å². The molecule has 0 aliphatic heterocycles. The Bertz CT molecular complexity index is 480. The van der Waals surface area contributed by atoms with Crippen LogP contribution < -0.4 is 16.0 Å². The van der Waals surface area contributed by atoms with Crippen LogP contribution in [0.3, 0.4) is 0 Å². The molecular weight excluding hydrogens is 162 g/mol. The summed E-state index contributed by atoms with van der Waals surface area (Å²) in [6, 6.07) is 1.90. The van der Waals surface area contributed by atoms with Crippen molar-refractivity contribution in [3.05, 3.63) is 45.7 Å². The molecule has 1 rings (SSSR count). The largest absolute Gasteiger partial charge is 0.318 e. The molecule has 1 aromatic heterocycles. The highest BCUT2D eigenvalue weighted by Crippen LogP contribution is 1.68. The van der Waals surface area contributed by atoms with Crippen LogP contribution in [-0.4, -0.2) is 4.57 Å². The maximum absolute atomic E-state index is 11.6. The van der Waals surface area contributed by atoms with Gasteiger partial charge in [0, 0.05) is 18.5 Å². The van der Waals surface area contributed by atoms with E-state index in [4.69, 9.17) is 0 Å². The van der Waals surface area contributed by atoms with Crippen LogP contribution in [0.25, 0.3) is 12.2 Å². The third-order valence-electron chi connectivity index (χ3n) is 1.93. The van der Waals surface area contributed by atoms with Crippen LogP contribution in [0.1, 0.15) is 6.92 Å². The number of hydrogen-bond donors (Lipinski definition) is 0. The Morgan fingerprint density at radius 1 is 1.54 bits per heavy atom. The smallest absolute Gasteiger partial charge is 0.257 e. The number of aryl methyl sites for hydroxylation is 1. The van der Waals surface area contributed by atoms with E-state index in [-0.39, 0.29) is 5.56 Å². The fourth-order valence-electron chi connectivity index (χ4n) is 1.23. The average Bonchev–Trinajstić information content (AvgIpc) is 2.12. The molecule has 0 aromatic carbocycles. The highest BCUT2D eigenvalue weighted by Gasteiger charge is 1.91. The van der Waals surface area contributed by atoms with Gasteiger partial charge in [0.05, 0.1) is 0 Å². The predicted molar refractivity (Wildman–Crippen MR) is 55.7 cm³/mol. The van der Waals surface area contributed by atoms with E-state index in [0.717, 1.165) is 10.4 Å². The minimum absolute atomic E-state index is 0.0260. The Morgan fingerprint density at radius 3 is 2.77 bits per heavy atom. The molecule has 0 saturated heterocycles. The molecule has 68 valence electrons. The van der Waals surface area contributed by atoms with Crippen molar-refractivity contribution in [3.8, 4) is 0 Å². The van der Waals surface area contributed by atoms with Crippen molar-refractivity contribution < 1.29 is 0 Å². The molecule has 0 aliphatic carbocycles. The second-order valence-corrected chi connectivity index (χ2v) is 2.79. The molecule has 0 bridgehead atoms. The fraction of sp³-hybridized carbons (Fsp3) is 0.182. The molecule has 0 fully saturated rings. The molecule has 1 heterocycles. The molecule has 2 nitrogen and oxygen atoms in total. The van der Waals surface area contributed by atoms with Gasteiger partial charge in [-0.15, -0.1) is 0 Å². The third kappa shape index (κ3) is 1.78. The fourth-order valence-corrected chi connectivity index (χ4v) is 1.23. The Balaban J connectivity index is 3.80. The van der Waals surface area contributed by atoms with Crippen LogP contribution in [-0.2, 0) is 7.05 Å². The molecule has 0 unspecified atom stereocenters. The second kappa shape index (κ2) is 3.90. The van der Waals surface area contributed by atoms with E-state index in [9.17, 15) is 4.79 Å². The summed E-state index contributed by atoms with van der Waals surface area (Å²) in [5, 5.41) is 1.64. The minimum atomic E-state index is 0.0260. The summed E-state index contributed by atoms with van der Waals surface area (Å²) < 4.78 is 1.57. The third-order valence-corrected chi connectivity index (χ3v) is 1.93. The van der Waals surface area contributed by atoms with Gasteiger partial charge in [0.2, 0.25) is 0 Å². The monoisotopic (exact) mass is 175 g/mol. The molecular formula is C11H13NO. The molecule has 0 radical (unpaired) electrons. The summed E-state index contributed by atoms with van der Waals surface area (Å²) in [6.45, 7) is 5.46. The highest BCUT2D eigenvalue weighted by molar-refractivity contribution is 5.37. The van der Waals surface area contributed by atoms with Gasteiger partial charge < -0.3 is 4.57 Å². The molecule has 0 saturated carbocycles. The summed E-state index contributed by atoms with van der Waals surface area (Å²) in [6.07, 6.45) is 7.08. The predicted octanol–water partition coefficient (Wildman–Crippen LogP) is 0.152. The first kappa shape index (κ1) is 9.52. The SMILES string of the molecule is C=C/C=c1/ccn(C)c(=O)/c1=C/C. The number of hydrogen-bond acceptors (Lipinski definition) is 1. The maximum Gasteiger partial charge on any atom is 0.257 e. The van der Waals surface area contributed by atoms with E-state index < -0.39 is 0 Å². The van der Waals surface area contributed by atoms with Crippen molar-refractivity contribution in [2.45, 2.75) is 6.92 Å².